The second kappa shape index (κ2) is 8.89. The Kier molecular flexibility index (Phi) is 7.87. The van der Waals surface area contributed by atoms with Crippen LogP contribution < -0.4 is 5.73 Å². The summed E-state index contributed by atoms with van der Waals surface area (Å²) in [6.45, 7) is 6.39. The number of aliphatic hydroxyl groups excluding tert-OH is 1. The molecule has 0 spiro atoms. The SMILES string of the molecule is CCC(CC)N(CCO)C1CCCCCC1CN. The fraction of sp³-hybridized carbons (Fsp3) is 1.00. The third-order valence-corrected chi connectivity index (χ3v) is 4.62. The van der Waals surface area contributed by atoms with E-state index in [1.807, 2.05) is 0 Å². The second-order valence-electron chi connectivity index (χ2n) is 5.63. The monoisotopic (exact) mass is 256 g/mol. The molecule has 3 heteroatoms. The third kappa shape index (κ3) is 4.22. The summed E-state index contributed by atoms with van der Waals surface area (Å²) < 4.78 is 0. The van der Waals surface area contributed by atoms with Gasteiger partial charge in [0, 0.05) is 18.6 Å². The Balaban J connectivity index is 2.78. The molecule has 0 aromatic heterocycles. The Morgan fingerprint density at radius 1 is 1.17 bits per heavy atom. The van der Waals surface area contributed by atoms with Crippen LogP contribution in [0.5, 0.6) is 0 Å². The molecule has 0 heterocycles. The summed E-state index contributed by atoms with van der Waals surface area (Å²) in [5, 5.41) is 9.36. The number of hydrogen-bond donors (Lipinski definition) is 2. The summed E-state index contributed by atoms with van der Waals surface area (Å²) in [7, 11) is 0. The number of aliphatic hydroxyl groups is 1. The van der Waals surface area contributed by atoms with Crippen LogP contribution in [-0.2, 0) is 0 Å². The minimum absolute atomic E-state index is 0.268. The van der Waals surface area contributed by atoms with E-state index in [0.29, 0.717) is 18.0 Å². The van der Waals surface area contributed by atoms with Crippen molar-refractivity contribution in [3.8, 4) is 0 Å². The van der Waals surface area contributed by atoms with Crippen LogP contribution in [0.2, 0.25) is 0 Å². The number of rotatable bonds is 7. The molecule has 3 nitrogen and oxygen atoms in total. The first kappa shape index (κ1) is 15.9. The highest BCUT2D eigenvalue weighted by atomic mass is 16.3. The van der Waals surface area contributed by atoms with Crippen LogP contribution in [0.15, 0.2) is 0 Å². The highest BCUT2D eigenvalue weighted by Crippen LogP contribution is 2.29. The summed E-state index contributed by atoms with van der Waals surface area (Å²) in [4.78, 5) is 2.56. The van der Waals surface area contributed by atoms with Gasteiger partial charge in [0.25, 0.3) is 0 Å². The maximum atomic E-state index is 9.36. The molecule has 1 saturated carbocycles. The fourth-order valence-corrected chi connectivity index (χ4v) is 3.57. The maximum absolute atomic E-state index is 9.36. The molecule has 0 amide bonds. The summed E-state index contributed by atoms with van der Waals surface area (Å²) in [5.74, 6) is 0.625. The van der Waals surface area contributed by atoms with Crippen LogP contribution in [0, 0.1) is 5.92 Å². The van der Waals surface area contributed by atoms with Crippen LogP contribution in [0.4, 0.5) is 0 Å². The van der Waals surface area contributed by atoms with E-state index in [9.17, 15) is 5.11 Å². The van der Waals surface area contributed by atoms with E-state index >= 15 is 0 Å². The van der Waals surface area contributed by atoms with Crippen molar-refractivity contribution in [2.45, 2.75) is 70.9 Å². The highest BCUT2D eigenvalue weighted by molar-refractivity contribution is 4.86. The second-order valence-corrected chi connectivity index (χ2v) is 5.63. The molecule has 0 aromatic carbocycles. The molecule has 0 saturated heterocycles. The zero-order valence-corrected chi connectivity index (χ0v) is 12.3. The maximum Gasteiger partial charge on any atom is 0.0558 e. The molecule has 0 aromatic rings. The quantitative estimate of drug-likeness (QED) is 0.688. The van der Waals surface area contributed by atoms with Crippen LogP contribution in [0.3, 0.4) is 0 Å². The molecule has 1 aliphatic rings. The van der Waals surface area contributed by atoms with Gasteiger partial charge < -0.3 is 10.8 Å². The van der Waals surface area contributed by atoms with Gasteiger partial charge in [-0.25, -0.2) is 0 Å². The summed E-state index contributed by atoms with van der Waals surface area (Å²) in [5.41, 5.74) is 5.99. The number of hydrogen-bond acceptors (Lipinski definition) is 3. The van der Waals surface area contributed by atoms with Gasteiger partial charge in [0.2, 0.25) is 0 Å². The van der Waals surface area contributed by atoms with Crippen molar-refractivity contribution in [1.29, 1.82) is 0 Å². The van der Waals surface area contributed by atoms with E-state index in [-0.39, 0.29) is 6.61 Å². The van der Waals surface area contributed by atoms with E-state index in [1.54, 1.807) is 0 Å². The van der Waals surface area contributed by atoms with Crippen molar-refractivity contribution in [3.63, 3.8) is 0 Å². The summed E-state index contributed by atoms with van der Waals surface area (Å²) in [6.07, 6.45) is 8.87. The van der Waals surface area contributed by atoms with Gasteiger partial charge >= 0.3 is 0 Å². The average Bonchev–Trinajstić information content (AvgIpc) is 2.63. The Morgan fingerprint density at radius 2 is 1.83 bits per heavy atom. The lowest BCUT2D eigenvalue weighted by Crippen LogP contribution is -2.49. The fourth-order valence-electron chi connectivity index (χ4n) is 3.57. The van der Waals surface area contributed by atoms with Gasteiger partial charge in [-0.1, -0.05) is 33.1 Å². The molecule has 0 radical (unpaired) electrons. The molecule has 0 bridgehead atoms. The van der Waals surface area contributed by atoms with Crippen molar-refractivity contribution < 1.29 is 5.11 Å². The standard InChI is InChI=1S/C15H32N2O/c1-3-14(4-2)17(10-11-18)15-9-7-5-6-8-13(15)12-16/h13-15,18H,3-12,16H2,1-2H3. The smallest absolute Gasteiger partial charge is 0.0558 e. The van der Waals surface area contributed by atoms with E-state index in [2.05, 4.69) is 18.7 Å². The lowest BCUT2D eigenvalue weighted by atomic mass is 9.91. The first-order valence-electron chi connectivity index (χ1n) is 7.85. The van der Waals surface area contributed by atoms with Gasteiger partial charge in [0.05, 0.1) is 6.61 Å². The van der Waals surface area contributed by atoms with Crippen LogP contribution >= 0.6 is 0 Å². The van der Waals surface area contributed by atoms with Gasteiger partial charge in [-0.3, -0.25) is 4.90 Å². The van der Waals surface area contributed by atoms with Crippen LogP contribution in [0.1, 0.15) is 58.8 Å². The highest BCUT2D eigenvalue weighted by Gasteiger charge is 2.30. The summed E-state index contributed by atoms with van der Waals surface area (Å²) in [6, 6.07) is 1.20. The minimum atomic E-state index is 0.268. The molecular formula is C15H32N2O. The van der Waals surface area contributed by atoms with Crippen molar-refractivity contribution in [3.05, 3.63) is 0 Å². The average molecular weight is 256 g/mol. The molecule has 0 aliphatic heterocycles. The van der Waals surface area contributed by atoms with Crippen molar-refractivity contribution in [2.75, 3.05) is 19.7 Å². The van der Waals surface area contributed by atoms with Gasteiger partial charge in [-0.2, -0.15) is 0 Å². The molecular weight excluding hydrogens is 224 g/mol. The first-order valence-corrected chi connectivity index (χ1v) is 7.85. The lowest BCUT2D eigenvalue weighted by Gasteiger charge is -2.40. The molecule has 18 heavy (non-hydrogen) atoms. The van der Waals surface area contributed by atoms with Crippen LogP contribution in [0.25, 0.3) is 0 Å². The Morgan fingerprint density at radius 3 is 2.39 bits per heavy atom. The van der Waals surface area contributed by atoms with E-state index < -0.39 is 0 Å². The van der Waals surface area contributed by atoms with Crippen molar-refractivity contribution >= 4 is 0 Å². The Bertz CT molecular complexity index is 207. The normalized spacial score (nSPS) is 25.7. The lowest BCUT2D eigenvalue weighted by molar-refractivity contribution is 0.0622. The predicted octanol–water partition coefficient (Wildman–Crippen LogP) is 2.38. The van der Waals surface area contributed by atoms with Gasteiger partial charge in [0.1, 0.15) is 0 Å². The topological polar surface area (TPSA) is 49.5 Å². The first-order chi connectivity index (χ1) is 8.78. The number of nitrogens with two attached hydrogens (primary N) is 1. The van der Waals surface area contributed by atoms with Gasteiger partial charge in [0.15, 0.2) is 0 Å². The van der Waals surface area contributed by atoms with E-state index in [1.165, 1.54) is 44.9 Å². The molecule has 1 aliphatic carbocycles. The zero-order valence-electron chi connectivity index (χ0n) is 12.3. The zero-order chi connectivity index (χ0) is 13.4. The molecule has 2 unspecified atom stereocenters. The van der Waals surface area contributed by atoms with Gasteiger partial charge in [-0.15, -0.1) is 0 Å². The minimum Gasteiger partial charge on any atom is -0.395 e. The van der Waals surface area contributed by atoms with E-state index in [0.717, 1.165) is 13.1 Å². The third-order valence-electron chi connectivity index (χ3n) is 4.62. The largest absolute Gasteiger partial charge is 0.395 e. The molecule has 108 valence electrons. The Hall–Kier alpha value is -0.120. The molecule has 3 N–H and O–H groups in total. The van der Waals surface area contributed by atoms with Gasteiger partial charge in [-0.05, 0) is 38.1 Å². The summed E-state index contributed by atoms with van der Waals surface area (Å²) >= 11 is 0. The predicted molar refractivity (Wildman–Crippen MR) is 77.6 cm³/mol. The number of nitrogens with zero attached hydrogens (tertiary/aromatic N) is 1. The van der Waals surface area contributed by atoms with Crippen molar-refractivity contribution in [2.24, 2.45) is 11.7 Å². The van der Waals surface area contributed by atoms with E-state index in [4.69, 9.17) is 5.73 Å². The Labute approximate surface area is 113 Å². The molecule has 1 fully saturated rings. The van der Waals surface area contributed by atoms with Crippen LogP contribution in [-0.4, -0.2) is 41.8 Å². The molecule has 2 atom stereocenters. The van der Waals surface area contributed by atoms with Crippen molar-refractivity contribution in [1.82, 2.24) is 4.90 Å². The molecule has 1 rings (SSSR count).